The largest absolute Gasteiger partial charge is 0.465 e. The van der Waals surface area contributed by atoms with Crippen LogP contribution in [0.3, 0.4) is 0 Å². The van der Waals surface area contributed by atoms with Gasteiger partial charge in [-0.3, -0.25) is 4.90 Å². The van der Waals surface area contributed by atoms with Crippen molar-refractivity contribution < 1.29 is 9.52 Å². The summed E-state index contributed by atoms with van der Waals surface area (Å²) in [6.07, 6.45) is 5.92. The van der Waals surface area contributed by atoms with Crippen LogP contribution in [-0.4, -0.2) is 29.2 Å². The van der Waals surface area contributed by atoms with Crippen molar-refractivity contribution in [1.82, 2.24) is 4.90 Å². The monoisotopic (exact) mass is 263 g/mol. The summed E-state index contributed by atoms with van der Waals surface area (Å²) in [5, 5.41) is 10.0. The summed E-state index contributed by atoms with van der Waals surface area (Å²) in [4.78, 5) is 2.32. The van der Waals surface area contributed by atoms with Gasteiger partial charge in [0.2, 0.25) is 0 Å². The van der Waals surface area contributed by atoms with E-state index in [-0.39, 0.29) is 6.10 Å². The van der Waals surface area contributed by atoms with Crippen LogP contribution in [0.25, 0.3) is 0 Å². The van der Waals surface area contributed by atoms with Crippen molar-refractivity contribution in [2.75, 3.05) is 13.1 Å². The standard InChI is InChI=1S/C16H25NO2/c1-3-4-5-15(18)11-17(10-14-7-8-14)12-16-9-6-13(2)19-16/h3,6,9,14-15,18H,1,4-5,7-8,10-12H2,2H3/t15-/m1/s1. The van der Waals surface area contributed by atoms with Crippen LogP contribution in [-0.2, 0) is 6.54 Å². The summed E-state index contributed by atoms with van der Waals surface area (Å²) in [7, 11) is 0. The summed E-state index contributed by atoms with van der Waals surface area (Å²) in [6, 6.07) is 4.03. The molecule has 0 radical (unpaired) electrons. The van der Waals surface area contributed by atoms with Crippen molar-refractivity contribution >= 4 is 0 Å². The third-order valence-corrected chi connectivity index (χ3v) is 3.56. The Balaban J connectivity index is 1.85. The molecule has 3 nitrogen and oxygen atoms in total. The predicted molar refractivity (Wildman–Crippen MR) is 76.9 cm³/mol. The van der Waals surface area contributed by atoms with Crippen LogP contribution in [0.5, 0.6) is 0 Å². The zero-order valence-electron chi connectivity index (χ0n) is 11.8. The van der Waals surface area contributed by atoms with Gasteiger partial charge in [-0.1, -0.05) is 6.08 Å². The molecule has 1 aromatic rings. The summed E-state index contributed by atoms with van der Waals surface area (Å²) in [6.45, 7) is 8.27. The fraction of sp³-hybridized carbons (Fsp3) is 0.625. The first-order valence-corrected chi connectivity index (χ1v) is 7.24. The molecule has 1 aliphatic carbocycles. The fourth-order valence-electron chi connectivity index (χ4n) is 2.36. The first kappa shape index (κ1) is 14.4. The molecule has 0 amide bonds. The average Bonchev–Trinajstić information content (AvgIpc) is 3.08. The topological polar surface area (TPSA) is 36.6 Å². The molecule has 1 heterocycles. The molecule has 1 atom stereocenters. The van der Waals surface area contributed by atoms with Crippen molar-refractivity contribution in [3.05, 3.63) is 36.3 Å². The van der Waals surface area contributed by atoms with Gasteiger partial charge in [0.05, 0.1) is 12.6 Å². The molecule has 106 valence electrons. The van der Waals surface area contributed by atoms with Gasteiger partial charge < -0.3 is 9.52 Å². The van der Waals surface area contributed by atoms with Gasteiger partial charge in [0.25, 0.3) is 0 Å². The van der Waals surface area contributed by atoms with Crippen LogP contribution in [0, 0.1) is 12.8 Å². The van der Waals surface area contributed by atoms with E-state index in [1.165, 1.54) is 12.8 Å². The van der Waals surface area contributed by atoms with E-state index < -0.39 is 0 Å². The third-order valence-electron chi connectivity index (χ3n) is 3.56. The van der Waals surface area contributed by atoms with E-state index in [1.54, 1.807) is 0 Å². The lowest BCUT2D eigenvalue weighted by atomic mass is 10.1. The summed E-state index contributed by atoms with van der Waals surface area (Å²) in [5.41, 5.74) is 0. The minimum absolute atomic E-state index is 0.271. The number of hydrogen-bond acceptors (Lipinski definition) is 3. The van der Waals surface area contributed by atoms with Crippen molar-refractivity contribution in [1.29, 1.82) is 0 Å². The average molecular weight is 263 g/mol. The number of allylic oxidation sites excluding steroid dienone is 1. The lowest BCUT2D eigenvalue weighted by molar-refractivity contribution is 0.0956. The van der Waals surface area contributed by atoms with Gasteiger partial charge in [-0.15, -0.1) is 6.58 Å². The van der Waals surface area contributed by atoms with Gasteiger partial charge >= 0.3 is 0 Å². The Morgan fingerprint density at radius 3 is 2.89 bits per heavy atom. The predicted octanol–water partition coefficient (Wildman–Crippen LogP) is 3.13. The lowest BCUT2D eigenvalue weighted by Crippen LogP contribution is -2.33. The molecular formula is C16H25NO2. The molecule has 0 aromatic carbocycles. The zero-order chi connectivity index (χ0) is 13.7. The van der Waals surface area contributed by atoms with E-state index in [9.17, 15) is 5.11 Å². The van der Waals surface area contributed by atoms with Gasteiger partial charge in [-0.2, -0.15) is 0 Å². The minimum atomic E-state index is -0.271. The number of hydrogen-bond donors (Lipinski definition) is 1. The maximum atomic E-state index is 10.0. The van der Waals surface area contributed by atoms with Gasteiger partial charge in [0.1, 0.15) is 11.5 Å². The molecule has 1 N–H and O–H groups in total. The quantitative estimate of drug-likeness (QED) is 0.695. The number of aliphatic hydroxyl groups excluding tert-OH is 1. The summed E-state index contributed by atoms with van der Waals surface area (Å²) in [5.74, 6) is 2.77. The molecule has 3 heteroatoms. The van der Waals surface area contributed by atoms with Crippen LogP contribution in [0.4, 0.5) is 0 Å². The fourth-order valence-corrected chi connectivity index (χ4v) is 2.36. The van der Waals surface area contributed by atoms with Crippen LogP contribution in [0.1, 0.15) is 37.2 Å². The molecule has 19 heavy (non-hydrogen) atoms. The van der Waals surface area contributed by atoms with Gasteiger partial charge in [-0.05, 0) is 50.7 Å². The van der Waals surface area contributed by atoms with Crippen molar-refractivity contribution in [3.63, 3.8) is 0 Å². The second-order valence-electron chi connectivity index (χ2n) is 5.67. The second-order valence-corrected chi connectivity index (χ2v) is 5.67. The van der Waals surface area contributed by atoms with E-state index in [1.807, 2.05) is 25.1 Å². The highest BCUT2D eigenvalue weighted by molar-refractivity contribution is 5.05. The van der Waals surface area contributed by atoms with Gasteiger partial charge in [-0.25, -0.2) is 0 Å². The summed E-state index contributed by atoms with van der Waals surface area (Å²) < 4.78 is 5.64. The molecule has 0 saturated heterocycles. The second kappa shape index (κ2) is 6.92. The lowest BCUT2D eigenvalue weighted by Gasteiger charge is -2.24. The molecule has 0 bridgehead atoms. The van der Waals surface area contributed by atoms with Crippen LogP contribution in [0.15, 0.2) is 29.2 Å². The van der Waals surface area contributed by atoms with Gasteiger partial charge in [0.15, 0.2) is 0 Å². The van der Waals surface area contributed by atoms with Gasteiger partial charge in [0, 0.05) is 13.1 Å². The van der Waals surface area contributed by atoms with E-state index in [0.29, 0.717) is 0 Å². The molecule has 0 aliphatic heterocycles. The number of aryl methyl sites for hydroxylation is 1. The Morgan fingerprint density at radius 1 is 1.53 bits per heavy atom. The number of aliphatic hydroxyl groups is 1. The van der Waals surface area contributed by atoms with Crippen molar-refractivity contribution in [2.24, 2.45) is 5.92 Å². The highest BCUT2D eigenvalue weighted by Crippen LogP contribution is 2.30. The van der Waals surface area contributed by atoms with Crippen molar-refractivity contribution in [2.45, 2.75) is 45.3 Å². The maximum Gasteiger partial charge on any atom is 0.118 e. The molecule has 1 aromatic heterocycles. The molecule has 2 rings (SSSR count). The Morgan fingerprint density at radius 2 is 2.32 bits per heavy atom. The molecule has 1 aliphatic rings. The number of nitrogens with zero attached hydrogens (tertiary/aromatic N) is 1. The first-order valence-electron chi connectivity index (χ1n) is 7.24. The number of rotatable bonds is 9. The molecule has 0 spiro atoms. The molecule has 0 unspecified atom stereocenters. The third kappa shape index (κ3) is 5.21. The Bertz CT molecular complexity index is 395. The number of furan rings is 1. The Hall–Kier alpha value is -1.06. The molecule has 1 fully saturated rings. The normalized spacial score (nSPS) is 16.8. The zero-order valence-corrected chi connectivity index (χ0v) is 11.8. The van der Waals surface area contributed by atoms with E-state index >= 15 is 0 Å². The highest BCUT2D eigenvalue weighted by Gasteiger charge is 2.25. The van der Waals surface area contributed by atoms with Crippen LogP contribution < -0.4 is 0 Å². The van der Waals surface area contributed by atoms with E-state index in [0.717, 1.165) is 49.9 Å². The van der Waals surface area contributed by atoms with Crippen molar-refractivity contribution in [3.8, 4) is 0 Å². The SMILES string of the molecule is C=CCC[C@@H](O)CN(Cc1ccc(C)o1)CC1CC1. The first-order chi connectivity index (χ1) is 9.17. The van der Waals surface area contributed by atoms with E-state index in [4.69, 9.17) is 4.42 Å². The smallest absolute Gasteiger partial charge is 0.118 e. The molecular weight excluding hydrogens is 238 g/mol. The Labute approximate surface area is 115 Å². The Kier molecular flexibility index (Phi) is 5.23. The van der Waals surface area contributed by atoms with Crippen LogP contribution in [0.2, 0.25) is 0 Å². The van der Waals surface area contributed by atoms with E-state index in [2.05, 4.69) is 11.5 Å². The van der Waals surface area contributed by atoms with Crippen LogP contribution >= 0.6 is 0 Å². The summed E-state index contributed by atoms with van der Waals surface area (Å²) >= 11 is 0. The maximum absolute atomic E-state index is 10.0. The molecule has 1 saturated carbocycles. The highest BCUT2D eigenvalue weighted by atomic mass is 16.3. The minimum Gasteiger partial charge on any atom is -0.465 e.